The number of hydrogen-bond acceptors (Lipinski definition) is 1. The average Bonchev–Trinajstić information content (AvgIpc) is 2.03. The zero-order valence-electron chi connectivity index (χ0n) is 6.61. The van der Waals surface area contributed by atoms with E-state index in [0.29, 0.717) is 4.47 Å². The molecule has 1 heterocycles. The van der Waals surface area contributed by atoms with E-state index in [1.165, 1.54) is 6.20 Å². The SMILES string of the molecule is Br.FC(F)(F)c1cc(Br)cnc1CBr. The molecular formula is C7H5Br3F3N. The Morgan fingerprint density at radius 3 is 2.36 bits per heavy atom. The van der Waals surface area contributed by atoms with Crippen LogP contribution in [0, 0.1) is 0 Å². The van der Waals surface area contributed by atoms with Crippen LogP contribution in [-0.2, 0) is 11.5 Å². The van der Waals surface area contributed by atoms with E-state index < -0.39 is 11.7 Å². The second-order valence-corrected chi connectivity index (χ2v) is 3.76. The summed E-state index contributed by atoms with van der Waals surface area (Å²) in [5, 5.41) is 0.0924. The maximum Gasteiger partial charge on any atom is 0.418 e. The van der Waals surface area contributed by atoms with E-state index in [9.17, 15) is 13.2 Å². The first-order chi connectivity index (χ1) is 5.95. The molecule has 80 valence electrons. The topological polar surface area (TPSA) is 12.9 Å². The van der Waals surface area contributed by atoms with Gasteiger partial charge in [-0.15, -0.1) is 17.0 Å². The van der Waals surface area contributed by atoms with Crippen molar-refractivity contribution in [2.45, 2.75) is 11.5 Å². The molecule has 0 aliphatic rings. The minimum Gasteiger partial charge on any atom is -0.259 e. The van der Waals surface area contributed by atoms with E-state index in [0.717, 1.165) is 6.07 Å². The predicted octanol–water partition coefficient (Wildman–Crippen LogP) is 4.34. The van der Waals surface area contributed by atoms with Gasteiger partial charge in [0.05, 0.1) is 11.3 Å². The molecule has 1 aromatic heterocycles. The molecule has 14 heavy (non-hydrogen) atoms. The molecule has 0 aromatic carbocycles. The van der Waals surface area contributed by atoms with Crippen LogP contribution in [0.3, 0.4) is 0 Å². The third kappa shape index (κ3) is 3.51. The number of pyridine rings is 1. The number of aromatic nitrogens is 1. The van der Waals surface area contributed by atoms with Crippen molar-refractivity contribution in [2.75, 3.05) is 0 Å². The van der Waals surface area contributed by atoms with Gasteiger partial charge < -0.3 is 0 Å². The van der Waals surface area contributed by atoms with E-state index in [2.05, 4.69) is 36.8 Å². The molecule has 0 aliphatic carbocycles. The van der Waals surface area contributed by atoms with Crippen LogP contribution in [0.4, 0.5) is 13.2 Å². The molecular weight excluding hydrogens is 395 g/mol. The highest BCUT2D eigenvalue weighted by Gasteiger charge is 2.33. The van der Waals surface area contributed by atoms with Crippen LogP contribution in [-0.4, -0.2) is 4.98 Å². The first-order valence-corrected chi connectivity index (χ1v) is 5.14. The zero-order chi connectivity index (χ0) is 10.1. The van der Waals surface area contributed by atoms with E-state index >= 15 is 0 Å². The molecule has 0 amide bonds. The lowest BCUT2D eigenvalue weighted by atomic mass is 10.2. The molecule has 1 nitrogen and oxygen atoms in total. The molecule has 0 spiro atoms. The number of hydrogen-bond donors (Lipinski definition) is 0. The van der Waals surface area contributed by atoms with Gasteiger partial charge in [-0.3, -0.25) is 4.98 Å². The fourth-order valence-corrected chi connectivity index (χ4v) is 1.60. The lowest BCUT2D eigenvalue weighted by molar-refractivity contribution is -0.138. The summed E-state index contributed by atoms with van der Waals surface area (Å²) in [5.41, 5.74) is -0.713. The summed E-state index contributed by atoms with van der Waals surface area (Å²) < 4.78 is 37.3. The lowest BCUT2D eigenvalue weighted by Crippen LogP contribution is -2.09. The fraction of sp³-hybridized carbons (Fsp3) is 0.286. The Morgan fingerprint density at radius 1 is 1.36 bits per heavy atom. The zero-order valence-corrected chi connectivity index (χ0v) is 11.5. The smallest absolute Gasteiger partial charge is 0.259 e. The average molecular weight is 400 g/mol. The lowest BCUT2D eigenvalue weighted by Gasteiger charge is -2.10. The van der Waals surface area contributed by atoms with Crippen molar-refractivity contribution < 1.29 is 13.2 Å². The van der Waals surface area contributed by atoms with E-state index in [1.807, 2.05) is 0 Å². The molecule has 0 radical (unpaired) electrons. The van der Waals surface area contributed by atoms with Gasteiger partial charge >= 0.3 is 6.18 Å². The molecule has 1 aromatic rings. The van der Waals surface area contributed by atoms with Gasteiger partial charge in [0.25, 0.3) is 0 Å². The number of alkyl halides is 4. The molecule has 0 saturated heterocycles. The summed E-state index contributed by atoms with van der Waals surface area (Å²) in [7, 11) is 0. The Morgan fingerprint density at radius 2 is 1.93 bits per heavy atom. The Labute approximate surface area is 106 Å². The molecule has 0 unspecified atom stereocenters. The van der Waals surface area contributed by atoms with Crippen LogP contribution < -0.4 is 0 Å². The van der Waals surface area contributed by atoms with Gasteiger partial charge in [0, 0.05) is 16.0 Å². The highest BCUT2D eigenvalue weighted by atomic mass is 79.9. The highest BCUT2D eigenvalue weighted by molar-refractivity contribution is 9.10. The summed E-state index contributed by atoms with van der Waals surface area (Å²) >= 11 is 5.89. The summed E-state index contributed by atoms with van der Waals surface area (Å²) in [6.45, 7) is 0. The van der Waals surface area contributed by atoms with Crippen molar-refractivity contribution in [3.8, 4) is 0 Å². The Hall–Kier alpha value is 0.380. The van der Waals surface area contributed by atoms with E-state index in [1.54, 1.807) is 0 Å². The monoisotopic (exact) mass is 397 g/mol. The van der Waals surface area contributed by atoms with Gasteiger partial charge in [-0.05, 0) is 22.0 Å². The third-order valence-corrected chi connectivity index (χ3v) is 2.33. The van der Waals surface area contributed by atoms with Crippen molar-refractivity contribution in [3.63, 3.8) is 0 Å². The van der Waals surface area contributed by atoms with Crippen LogP contribution in [0.25, 0.3) is 0 Å². The second-order valence-electron chi connectivity index (χ2n) is 2.28. The fourth-order valence-electron chi connectivity index (χ4n) is 0.820. The maximum absolute atomic E-state index is 12.3. The molecule has 0 bridgehead atoms. The molecule has 0 aliphatic heterocycles. The third-order valence-electron chi connectivity index (χ3n) is 1.37. The van der Waals surface area contributed by atoms with Crippen molar-refractivity contribution in [1.29, 1.82) is 0 Å². The number of halogens is 6. The van der Waals surface area contributed by atoms with Gasteiger partial charge in [0.2, 0.25) is 0 Å². The Kier molecular flexibility index (Phi) is 5.61. The quantitative estimate of drug-likeness (QED) is 0.640. The Bertz CT molecular complexity index is 314. The van der Waals surface area contributed by atoms with Crippen molar-refractivity contribution in [1.82, 2.24) is 4.98 Å². The molecule has 0 N–H and O–H groups in total. The van der Waals surface area contributed by atoms with Crippen LogP contribution in [0.5, 0.6) is 0 Å². The summed E-state index contributed by atoms with van der Waals surface area (Å²) in [5.74, 6) is 0. The van der Waals surface area contributed by atoms with Gasteiger partial charge in [-0.1, -0.05) is 15.9 Å². The predicted molar refractivity (Wildman–Crippen MR) is 59.9 cm³/mol. The standard InChI is InChI=1S/C7H4Br2F3N.BrH/c8-2-6-5(7(10,11)12)1-4(9)3-13-6;/h1,3H,2H2;1H. The minimum absolute atomic E-state index is 0. The number of nitrogens with zero attached hydrogens (tertiary/aromatic N) is 1. The summed E-state index contributed by atoms with van der Waals surface area (Å²) in [6, 6.07) is 1.02. The van der Waals surface area contributed by atoms with Crippen molar-refractivity contribution in [3.05, 3.63) is 28.0 Å². The van der Waals surface area contributed by atoms with Gasteiger partial charge in [0.15, 0.2) is 0 Å². The molecule has 7 heteroatoms. The van der Waals surface area contributed by atoms with Crippen LogP contribution in [0.15, 0.2) is 16.7 Å². The van der Waals surface area contributed by atoms with Gasteiger partial charge in [0.1, 0.15) is 0 Å². The van der Waals surface area contributed by atoms with Crippen LogP contribution in [0.2, 0.25) is 0 Å². The van der Waals surface area contributed by atoms with Gasteiger partial charge in [-0.2, -0.15) is 13.2 Å². The van der Waals surface area contributed by atoms with E-state index in [4.69, 9.17) is 0 Å². The normalized spacial score (nSPS) is 10.9. The van der Waals surface area contributed by atoms with Crippen LogP contribution >= 0.6 is 48.8 Å². The van der Waals surface area contributed by atoms with Crippen molar-refractivity contribution >= 4 is 48.8 Å². The molecule has 0 fully saturated rings. The minimum atomic E-state index is -4.35. The highest BCUT2D eigenvalue weighted by Crippen LogP contribution is 2.33. The second kappa shape index (κ2) is 5.46. The van der Waals surface area contributed by atoms with E-state index in [-0.39, 0.29) is 28.0 Å². The maximum atomic E-state index is 12.3. The molecule has 0 saturated carbocycles. The first kappa shape index (κ1) is 14.4. The van der Waals surface area contributed by atoms with Gasteiger partial charge in [-0.25, -0.2) is 0 Å². The molecule has 1 rings (SSSR count). The molecule has 0 atom stereocenters. The van der Waals surface area contributed by atoms with Crippen molar-refractivity contribution in [2.24, 2.45) is 0 Å². The largest absolute Gasteiger partial charge is 0.418 e. The summed E-state index contributed by atoms with van der Waals surface area (Å²) in [6.07, 6.45) is -3.01. The Balaban J connectivity index is 0.00000169. The first-order valence-electron chi connectivity index (χ1n) is 3.22. The summed E-state index contributed by atoms with van der Waals surface area (Å²) in [4.78, 5) is 3.65. The number of rotatable bonds is 1. The van der Waals surface area contributed by atoms with Crippen LogP contribution in [0.1, 0.15) is 11.3 Å².